The highest BCUT2D eigenvalue weighted by molar-refractivity contribution is 7.10. The number of nitrogens with two attached hydrogens (primary N) is 1. The number of benzene rings is 2. The van der Waals surface area contributed by atoms with Crippen molar-refractivity contribution in [2.75, 3.05) is 16.8 Å². The number of anilines is 2. The largest absolute Gasteiger partial charge is 0.328 e. The van der Waals surface area contributed by atoms with E-state index in [0.717, 1.165) is 5.69 Å². The molecule has 0 saturated heterocycles. The van der Waals surface area contributed by atoms with Crippen molar-refractivity contribution in [1.82, 2.24) is 0 Å². The van der Waals surface area contributed by atoms with E-state index in [-0.39, 0.29) is 30.3 Å². The molecule has 0 radical (unpaired) electrons. The number of para-hydroxylation sites is 2. The van der Waals surface area contributed by atoms with Gasteiger partial charge >= 0.3 is 0 Å². The van der Waals surface area contributed by atoms with Gasteiger partial charge in [0.25, 0.3) is 5.91 Å². The molecule has 1 aliphatic heterocycles. The van der Waals surface area contributed by atoms with Crippen molar-refractivity contribution in [3.63, 3.8) is 0 Å². The van der Waals surface area contributed by atoms with Gasteiger partial charge in [-0.15, -0.1) is 11.3 Å². The molecule has 4 rings (SSSR count). The lowest BCUT2D eigenvalue weighted by atomic mass is 10.0. The number of hydrogen-bond donors (Lipinski definition) is 2. The van der Waals surface area contributed by atoms with E-state index in [2.05, 4.69) is 53.3 Å². The monoisotopic (exact) mass is 420 g/mol. The summed E-state index contributed by atoms with van der Waals surface area (Å²) in [6.07, 6.45) is 0.284. The van der Waals surface area contributed by atoms with E-state index < -0.39 is 0 Å². The maximum atomic E-state index is 13.3. The summed E-state index contributed by atoms with van der Waals surface area (Å²) in [4.78, 5) is 28.5. The number of quaternary nitrogens is 1. The number of thiophene rings is 1. The van der Waals surface area contributed by atoms with Crippen LogP contribution in [0.15, 0.2) is 66.0 Å². The van der Waals surface area contributed by atoms with Crippen LogP contribution in [0.3, 0.4) is 0 Å². The Bertz CT molecular complexity index is 1030. The topological polar surface area (TPSA) is 66.0 Å². The second-order valence-corrected chi connectivity index (χ2v) is 8.71. The van der Waals surface area contributed by atoms with Crippen molar-refractivity contribution >= 4 is 34.5 Å². The van der Waals surface area contributed by atoms with Gasteiger partial charge in [0.15, 0.2) is 6.54 Å². The number of carbonyl (C=O) groups is 2. The Balaban J connectivity index is 1.57. The quantitative estimate of drug-likeness (QED) is 0.664. The molecule has 154 valence electrons. The molecule has 2 heterocycles. The Morgan fingerprint density at radius 2 is 1.93 bits per heavy atom. The predicted octanol–water partition coefficient (Wildman–Crippen LogP) is 3.47. The lowest BCUT2D eigenvalue weighted by Gasteiger charge is -2.27. The molecular formula is C24H26N3O2S+. The number of rotatable bonds is 5. The number of aryl methyl sites for hydroxylation is 1. The standard InChI is InChI=1S/C24H25N3O2S/c1-16-9-11-18(12-10-16)24(21-8-5-13-30-21)25-15-23(29)27-17(2)14-22(28)26-19-6-3-4-7-20(19)27/h3-13,17,24-25H,14-15H2,1-2H3,(H,26,28)/p+1/t17-,24-/m1/s1. The fourth-order valence-electron chi connectivity index (χ4n) is 3.94. The van der Waals surface area contributed by atoms with Crippen LogP contribution in [0.1, 0.15) is 35.4 Å². The normalized spacial score (nSPS) is 17.1. The summed E-state index contributed by atoms with van der Waals surface area (Å²) in [6, 6.07) is 20.0. The van der Waals surface area contributed by atoms with Gasteiger partial charge in [-0.25, -0.2) is 0 Å². The van der Waals surface area contributed by atoms with Gasteiger partial charge in [0.05, 0.1) is 16.3 Å². The molecule has 30 heavy (non-hydrogen) atoms. The van der Waals surface area contributed by atoms with Gasteiger partial charge in [0.1, 0.15) is 6.04 Å². The number of nitrogens with one attached hydrogen (secondary N) is 1. The Morgan fingerprint density at radius 3 is 2.67 bits per heavy atom. The number of nitrogens with zero attached hydrogens (tertiary/aromatic N) is 1. The van der Waals surface area contributed by atoms with E-state index in [4.69, 9.17) is 0 Å². The molecule has 0 bridgehead atoms. The van der Waals surface area contributed by atoms with Crippen molar-refractivity contribution in [2.24, 2.45) is 0 Å². The third-order valence-corrected chi connectivity index (χ3v) is 6.40. The first-order valence-corrected chi connectivity index (χ1v) is 11.0. The van der Waals surface area contributed by atoms with Crippen molar-refractivity contribution < 1.29 is 14.9 Å². The van der Waals surface area contributed by atoms with Crippen LogP contribution in [0, 0.1) is 6.92 Å². The number of hydrogen-bond acceptors (Lipinski definition) is 3. The van der Waals surface area contributed by atoms with Crippen LogP contribution in [-0.2, 0) is 9.59 Å². The molecule has 0 spiro atoms. The van der Waals surface area contributed by atoms with E-state index in [1.54, 1.807) is 16.2 Å². The first kappa shape index (κ1) is 20.3. The second kappa shape index (κ2) is 8.81. The molecule has 1 aromatic heterocycles. The van der Waals surface area contributed by atoms with E-state index in [0.29, 0.717) is 12.2 Å². The summed E-state index contributed by atoms with van der Waals surface area (Å²) in [5, 5.41) is 7.07. The van der Waals surface area contributed by atoms with E-state index in [1.807, 2.05) is 37.3 Å². The SMILES string of the molecule is Cc1ccc([C@@H]([NH2+]CC(=O)N2c3ccccc3NC(=O)C[C@H]2C)c2cccs2)cc1. The number of fused-ring (bicyclic) bond motifs is 1. The first-order valence-electron chi connectivity index (χ1n) is 10.2. The van der Waals surface area contributed by atoms with Crippen LogP contribution in [0.4, 0.5) is 11.4 Å². The predicted molar refractivity (Wildman–Crippen MR) is 121 cm³/mol. The third-order valence-electron chi connectivity index (χ3n) is 5.44. The highest BCUT2D eigenvalue weighted by atomic mass is 32.1. The van der Waals surface area contributed by atoms with Crippen molar-refractivity contribution in [3.05, 3.63) is 82.0 Å². The van der Waals surface area contributed by atoms with Gasteiger partial charge in [0.2, 0.25) is 5.91 Å². The van der Waals surface area contributed by atoms with Crippen LogP contribution in [0.25, 0.3) is 0 Å². The Morgan fingerprint density at radius 1 is 1.17 bits per heavy atom. The number of amides is 2. The fraction of sp³-hybridized carbons (Fsp3) is 0.250. The van der Waals surface area contributed by atoms with Crippen molar-refractivity contribution in [1.29, 1.82) is 0 Å². The van der Waals surface area contributed by atoms with Crippen LogP contribution in [-0.4, -0.2) is 24.4 Å². The smallest absolute Gasteiger partial charge is 0.282 e. The summed E-state index contributed by atoms with van der Waals surface area (Å²) in [6.45, 7) is 4.30. The molecule has 3 aromatic rings. The Hall–Kier alpha value is -2.96. The zero-order chi connectivity index (χ0) is 21.1. The minimum atomic E-state index is -0.200. The van der Waals surface area contributed by atoms with Gasteiger partial charge in [-0.3, -0.25) is 9.59 Å². The summed E-state index contributed by atoms with van der Waals surface area (Å²) in [7, 11) is 0. The average molecular weight is 421 g/mol. The second-order valence-electron chi connectivity index (χ2n) is 7.73. The fourth-order valence-corrected chi connectivity index (χ4v) is 4.79. The molecule has 0 saturated carbocycles. The van der Waals surface area contributed by atoms with Gasteiger partial charge in [-0.05, 0) is 37.4 Å². The molecule has 0 fully saturated rings. The third kappa shape index (κ3) is 4.30. The van der Waals surface area contributed by atoms with Gasteiger partial charge in [-0.2, -0.15) is 0 Å². The summed E-state index contributed by atoms with van der Waals surface area (Å²) in [5.41, 5.74) is 3.84. The Kier molecular flexibility index (Phi) is 5.97. The maximum absolute atomic E-state index is 13.3. The molecule has 0 aliphatic carbocycles. The van der Waals surface area contributed by atoms with Crippen molar-refractivity contribution in [2.45, 2.75) is 32.4 Å². The average Bonchev–Trinajstić information content (AvgIpc) is 3.21. The van der Waals surface area contributed by atoms with Crippen molar-refractivity contribution in [3.8, 4) is 0 Å². The summed E-state index contributed by atoms with van der Waals surface area (Å²) >= 11 is 1.70. The zero-order valence-electron chi connectivity index (χ0n) is 17.2. The first-order chi connectivity index (χ1) is 14.5. The lowest BCUT2D eigenvalue weighted by molar-refractivity contribution is -0.676. The van der Waals surface area contributed by atoms with Crippen LogP contribution in [0.2, 0.25) is 0 Å². The van der Waals surface area contributed by atoms with Gasteiger partial charge in [-0.1, -0.05) is 48.0 Å². The van der Waals surface area contributed by atoms with Gasteiger partial charge < -0.3 is 15.5 Å². The highest BCUT2D eigenvalue weighted by Crippen LogP contribution is 2.31. The maximum Gasteiger partial charge on any atom is 0.282 e. The van der Waals surface area contributed by atoms with Crippen LogP contribution < -0.4 is 15.5 Å². The molecule has 5 nitrogen and oxygen atoms in total. The van der Waals surface area contributed by atoms with Crippen LogP contribution in [0.5, 0.6) is 0 Å². The Labute approximate surface area is 180 Å². The van der Waals surface area contributed by atoms with E-state index >= 15 is 0 Å². The van der Waals surface area contributed by atoms with E-state index in [1.165, 1.54) is 16.0 Å². The van der Waals surface area contributed by atoms with E-state index in [9.17, 15) is 9.59 Å². The molecule has 2 amide bonds. The highest BCUT2D eigenvalue weighted by Gasteiger charge is 2.31. The number of carbonyl (C=O) groups excluding carboxylic acids is 2. The molecular weight excluding hydrogens is 394 g/mol. The molecule has 1 aliphatic rings. The molecule has 2 aromatic carbocycles. The van der Waals surface area contributed by atoms with Gasteiger partial charge in [0, 0.05) is 18.0 Å². The minimum absolute atomic E-state index is 0.000109. The summed E-state index contributed by atoms with van der Waals surface area (Å²) in [5.74, 6) is -0.0644. The molecule has 2 atom stereocenters. The molecule has 3 N–H and O–H groups in total. The minimum Gasteiger partial charge on any atom is -0.328 e. The molecule has 0 unspecified atom stereocenters. The molecule has 6 heteroatoms. The lowest BCUT2D eigenvalue weighted by Crippen LogP contribution is -2.88. The summed E-state index contributed by atoms with van der Waals surface area (Å²) < 4.78 is 0. The zero-order valence-corrected chi connectivity index (χ0v) is 18.0. The van der Waals surface area contributed by atoms with Crippen LogP contribution >= 0.6 is 11.3 Å².